The molecule has 0 bridgehead atoms. The number of hydrogen-bond acceptors (Lipinski definition) is 5. The number of benzene rings is 1. The van der Waals surface area contributed by atoms with E-state index >= 15 is 0 Å². The van der Waals surface area contributed by atoms with Crippen molar-refractivity contribution in [2.24, 2.45) is 6.98 Å². The quantitative estimate of drug-likeness (QED) is 0.525. The Bertz CT molecular complexity index is 1120. The molecule has 4 aromatic rings. The van der Waals surface area contributed by atoms with Gasteiger partial charge in [0, 0.05) is 46.9 Å². The highest BCUT2D eigenvalue weighted by molar-refractivity contribution is 6.28. The van der Waals surface area contributed by atoms with Crippen LogP contribution >= 0.6 is 11.6 Å². The Labute approximate surface area is 141 Å². The summed E-state index contributed by atoms with van der Waals surface area (Å²) in [6.45, 7) is -0.663. The van der Waals surface area contributed by atoms with Crippen LogP contribution in [0.5, 0.6) is 0 Å². The van der Waals surface area contributed by atoms with E-state index in [0.29, 0.717) is 28.2 Å². The number of nitrogens with zero attached hydrogens (tertiary/aromatic N) is 5. The first-order valence-corrected chi connectivity index (χ1v) is 7.16. The average molecular weight is 329 g/mol. The lowest BCUT2D eigenvalue weighted by Crippen LogP contribution is -1.92. The zero-order valence-corrected chi connectivity index (χ0v) is 12.7. The van der Waals surface area contributed by atoms with E-state index in [-0.39, 0.29) is 11.2 Å². The van der Waals surface area contributed by atoms with E-state index in [4.69, 9.17) is 20.1 Å². The van der Waals surface area contributed by atoms with E-state index in [9.17, 15) is 0 Å². The molecule has 114 valence electrons. The second-order valence-corrected chi connectivity index (χ2v) is 5.30. The van der Waals surface area contributed by atoms with E-state index in [1.807, 2.05) is 12.1 Å². The third kappa shape index (κ3) is 2.27. The molecular weight excluding hydrogens is 314 g/mol. The minimum Gasteiger partial charge on any atom is -0.421 e. The van der Waals surface area contributed by atoms with Crippen molar-refractivity contribution < 1.29 is 8.53 Å². The van der Waals surface area contributed by atoms with Crippen LogP contribution in [0.15, 0.2) is 41.1 Å². The van der Waals surface area contributed by atoms with Gasteiger partial charge >= 0.3 is 0 Å². The SMILES string of the molecule is [2H]C([2H])([2H])n1cc(-c2nc(Cl)ncc2-c2nnc(C)o2)c2ccccc21. The summed E-state index contributed by atoms with van der Waals surface area (Å²) in [6, 6.07) is 7.18. The molecule has 0 aliphatic rings. The van der Waals surface area contributed by atoms with Crippen LogP contribution in [0.3, 0.4) is 0 Å². The van der Waals surface area contributed by atoms with E-state index in [0.717, 1.165) is 5.39 Å². The Balaban J connectivity index is 2.04. The van der Waals surface area contributed by atoms with Gasteiger partial charge in [0.15, 0.2) is 0 Å². The molecule has 4 rings (SSSR count). The van der Waals surface area contributed by atoms with Gasteiger partial charge in [0.05, 0.1) is 11.3 Å². The molecule has 0 aliphatic heterocycles. The number of rotatable bonds is 2. The first-order valence-electron chi connectivity index (χ1n) is 8.28. The van der Waals surface area contributed by atoms with Crippen molar-refractivity contribution in [3.8, 4) is 22.7 Å². The second kappa shape index (κ2) is 5.17. The molecule has 0 N–H and O–H groups in total. The van der Waals surface area contributed by atoms with Crippen molar-refractivity contribution in [3.63, 3.8) is 0 Å². The molecule has 0 radical (unpaired) electrons. The van der Waals surface area contributed by atoms with Gasteiger partial charge < -0.3 is 8.98 Å². The van der Waals surface area contributed by atoms with Crippen molar-refractivity contribution in [1.29, 1.82) is 0 Å². The van der Waals surface area contributed by atoms with Gasteiger partial charge in [0.1, 0.15) is 0 Å². The van der Waals surface area contributed by atoms with Gasteiger partial charge in [0.25, 0.3) is 5.89 Å². The topological polar surface area (TPSA) is 69.6 Å². The smallest absolute Gasteiger partial charge is 0.251 e. The van der Waals surface area contributed by atoms with Gasteiger partial charge in [-0.05, 0) is 17.7 Å². The highest BCUT2D eigenvalue weighted by atomic mass is 35.5. The third-order valence-corrected chi connectivity index (χ3v) is 3.66. The van der Waals surface area contributed by atoms with Crippen LogP contribution < -0.4 is 0 Å². The van der Waals surface area contributed by atoms with Gasteiger partial charge in [-0.15, -0.1) is 10.2 Å². The molecule has 0 amide bonds. The monoisotopic (exact) mass is 328 g/mol. The van der Waals surface area contributed by atoms with Crippen LogP contribution in [0.1, 0.15) is 10.0 Å². The summed E-state index contributed by atoms with van der Waals surface area (Å²) in [5.41, 5.74) is 2.05. The number of para-hydroxylation sites is 1. The van der Waals surface area contributed by atoms with Crippen molar-refractivity contribution >= 4 is 22.5 Å². The minimum absolute atomic E-state index is 0.0331. The Morgan fingerprint density at radius 3 is 2.87 bits per heavy atom. The van der Waals surface area contributed by atoms with Crippen molar-refractivity contribution in [2.75, 3.05) is 0 Å². The van der Waals surface area contributed by atoms with Crippen molar-refractivity contribution in [1.82, 2.24) is 24.7 Å². The molecule has 6 nitrogen and oxygen atoms in total. The maximum absolute atomic E-state index is 7.79. The Morgan fingerprint density at radius 1 is 1.22 bits per heavy atom. The van der Waals surface area contributed by atoms with Crippen molar-refractivity contribution in [2.45, 2.75) is 6.92 Å². The lowest BCUT2D eigenvalue weighted by Gasteiger charge is -2.04. The molecule has 3 aromatic heterocycles. The van der Waals surface area contributed by atoms with E-state index in [1.165, 1.54) is 17.0 Å². The highest BCUT2D eigenvalue weighted by Gasteiger charge is 2.19. The average Bonchev–Trinajstić information content (AvgIpc) is 3.18. The van der Waals surface area contributed by atoms with Gasteiger partial charge in [-0.2, -0.15) is 0 Å². The first kappa shape index (κ1) is 10.9. The fourth-order valence-corrected chi connectivity index (χ4v) is 2.63. The molecule has 0 saturated heterocycles. The normalized spacial score (nSPS) is 13.7. The zero-order chi connectivity index (χ0) is 18.5. The van der Waals surface area contributed by atoms with Crippen LogP contribution in [0.25, 0.3) is 33.6 Å². The molecule has 23 heavy (non-hydrogen) atoms. The van der Waals surface area contributed by atoms with Crippen LogP contribution in [-0.2, 0) is 6.98 Å². The second-order valence-electron chi connectivity index (χ2n) is 4.96. The summed E-state index contributed by atoms with van der Waals surface area (Å²) < 4.78 is 30.1. The zero-order valence-electron chi connectivity index (χ0n) is 15.0. The Morgan fingerprint density at radius 2 is 2.09 bits per heavy atom. The summed E-state index contributed by atoms with van der Waals surface area (Å²) in [6.07, 6.45) is 3.02. The summed E-state index contributed by atoms with van der Waals surface area (Å²) >= 11 is 6.00. The minimum atomic E-state index is -2.34. The van der Waals surface area contributed by atoms with Gasteiger partial charge in [0.2, 0.25) is 11.2 Å². The van der Waals surface area contributed by atoms with Crippen LogP contribution in [0.2, 0.25) is 5.28 Å². The third-order valence-electron chi connectivity index (χ3n) is 3.48. The van der Waals surface area contributed by atoms with Gasteiger partial charge in [-0.1, -0.05) is 18.2 Å². The fraction of sp³-hybridized carbons (Fsp3) is 0.125. The van der Waals surface area contributed by atoms with E-state index < -0.39 is 6.98 Å². The summed E-state index contributed by atoms with van der Waals surface area (Å²) in [4.78, 5) is 8.30. The predicted molar refractivity (Wildman–Crippen MR) is 87.0 cm³/mol. The molecule has 0 aliphatic carbocycles. The van der Waals surface area contributed by atoms with E-state index in [1.54, 1.807) is 19.1 Å². The molecule has 3 heterocycles. The largest absolute Gasteiger partial charge is 0.421 e. The first-order chi connectivity index (χ1) is 12.3. The van der Waals surface area contributed by atoms with Crippen molar-refractivity contribution in [3.05, 3.63) is 47.8 Å². The van der Waals surface area contributed by atoms with E-state index in [2.05, 4.69) is 20.2 Å². The maximum atomic E-state index is 7.79. The standard InChI is InChI=1S/C16H12ClN5O/c1-9-20-21-15(23-9)11-7-18-16(17)19-14(11)12-8-22(2)13-6-4-3-5-10(12)13/h3-8H,1-2H3/i2D3. The highest BCUT2D eigenvalue weighted by Crippen LogP contribution is 2.35. The number of fused-ring (bicyclic) bond motifs is 1. The van der Waals surface area contributed by atoms with Gasteiger partial charge in [-0.25, -0.2) is 9.97 Å². The Kier molecular flexibility index (Phi) is 2.45. The molecular formula is C16H12ClN5O. The van der Waals surface area contributed by atoms with Gasteiger partial charge in [-0.3, -0.25) is 0 Å². The lowest BCUT2D eigenvalue weighted by atomic mass is 10.1. The molecule has 7 heteroatoms. The lowest BCUT2D eigenvalue weighted by molar-refractivity contribution is 0.532. The maximum Gasteiger partial charge on any atom is 0.251 e. The molecule has 1 aromatic carbocycles. The van der Waals surface area contributed by atoms with Crippen LogP contribution in [-0.4, -0.2) is 24.7 Å². The number of hydrogen-bond donors (Lipinski definition) is 0. The number of halogens is 1. The predicted octanol–water partition coefficient (Wildman–Crippen LogP) is 3.65. The summed E-state index contributed by atoms with van der Waals surface area (Å²) in [5, 5.41) is 8.59. The fourth-order valence-electron chi connectivity index (χ4n) is 2.50. The van der Waals surface area contributed by atoms with Crippen LogP contribution in [0.4, 0.5) is 0 Å². The number of aromatic nitrogens is 5. The molecule has 0 spiro atoms. The molecule has 0 atom stereocenters. The molecule has 0 unspecified atom stereocenters. The van der Waals surface area contributed by atoms with Crippen LogP contribution in [0, 0.1) is 6.92 Å². The molecule has 0 saturated carbocycles. The molecule has 0 fully saturated rings. The number of aryl methyl sites for hydroxylation is 2. The summed E-state index contributed by atoms with van der Waals surface area (Å²) in [5.74, 6) is 0.630. The Hall–Kier alpha value is -2.73. The summed E-state index contributed by atoms with van der Waals surface area (Å²) in [7, 11) is 0.